The first-order chi connectivity index (χ1) is 7.11. The van der Waals surface area contributed by atoms with Crippen LogP contribution in [0.5, 0.6) is 0 Å². The molecule has 0 unspecified atom stereocenters. The van der Waals surface area contributed by atoms with Crippen molar-refractivity contribution >= 4 is 5.97 Å². The number of methoxy groups -OCH3 is 1. The Labute approximate surface area is 92.3 Å². The summed E-state index contributed by atoms with van der Waals surface area (Å²) in [6, 6.07) is 0. The van der Waals surface area contributed by atoms with E-state index in [1.165, 1.54) is 7.11 Å². The van der Waals surface area contributed by atoms with Crippen LogP contribution in [-0.2, 0) is 9.53 Å². The average Bonchev–Trinajstić information content (AvgIpc) is 2.22. The van der Waals surface area contributed by atoms with Crippen molar-refractivity contribution in [3.05, 3.63) is 11.6 Å². The van der Waals surface area contributed by atoms with Crippen LogP contribution < -0.4 is 5.32 Å². The van der Waals surface area contributed by atoms with Gasteiger partial charge in [-0.15, -0.1) is 0 Å². The van der Waals surface area contributed by atoms with Gasteiger partial charge >= 0.3 is 5.97 Å². The highest BCUT2D eigenvalue weighted by molar-refractivity contribution is 5.88. The molecule has 0 spiro atoms. The summed E-state index contributed by atoms with van der Waals surface area (Å²) in [4.78, 5) is 13.3. The minimum Gasteiger partial charge on any atom is -0.466 e. The van der Waals surface area contributed by atoms with Crippen LogP contribution in [0.4, 0.5) is 0 Å². The first kappa shape index (κ1) is 14.1. The summed E-state index contributed by atoms with van der Waals surface area (Å²) in [7, 11) is 5.47. The second-order valence-electron chi connectivity index (χ2n) is 3.58. The third kappa shape index (κ3) is 7.11. The van der Waals surface area contributed by atoms with E-state index < -0.39 is 0 Å². The van der Waals surface area contributed by atoms with Crippen LogP contribution in [0, 0.1) is 0 Å². The minimum absolute atomic E-state index is 0.230. The monoisotopic (exact) mass is 214 g/mol. The number of hydrogen-bond donors (Lipinski definition) is 1. The predicted octanol–water partition coefficient (Wildman–Crippen LogP) is 0.647. The third-order valence-corrected chi connectivity index (χ3v) is 2.06. The van der Waals surface area contributed by atoms with E-state index in [0.717, 1.165) is 18.7 Å². The molecule has 0 radical (unpaired) electrons. The fraction of sp³-hybridized carbons (Fsp3) is 0.727. The summed E-state index contributed by atoms with van der Waals surface area (Å²) >= 11 is 0. The lowest BCUT2D eigenvalue weighted by Gasteiger charge is -2.09. The van der Waals surface area contributed by atoms with E-state index in [4.69, 9.17) is 0 Å². The van der Waals surface area contributed by atoms with Crippen LogP contribution in [0.3, 0.4) is 0 Å². The molecular formula is C11H22N2O2. The fourth-order valence-electron chi connectivity index (χ4n) is 1.10. The van der Waals surface area contributed by atoms with Crippen LogP contribution in [-0.4, -0.2) is 51.7 Å². The second kappa shape index (κ2) is 8.44. The maximum atomic E-state index is 11.2. The molecule has 1 N–H and O–H groups in total. The van der Waals surface area contributed by atoms with E-state index in [2.05, 4.69) is 15.0 Å². The highest BCUT2D eigenvalue weighted by atomic mass is 16.5. The Kier molecular flexibility index (Phi) is 7.95. The minimum atomic E-state index is -0.230. The summed E-state index contributed by atoms with van der Waals surface area (Å²) in [6.07, 6.45) is 2.60. The molecule has 0 bridgehead atoms. The zero-order valence-corrected chi connectivity index (χ0v) is 10.2. The van der Waals surface area contributed by atoms with Gasteiger partial charge in [-0.05, 0) is 20.5 Å². The number of ether oxygens (including phenoxy) is 1. The molecule has 0 aliphatic rings. The molecular weight excluding hydrogens is 192 g/mol. The lowest BCUT2D eigenvalue weighted by atomic mass is 10.2. The van der Waals surface area contributed by atoms with Crippen molar-refractivity contribution in [3.63, 3.8) is 0 Å². The Bertz CT molecular complexity index is 213. The van der Waals surface area contributed by atoms with Crippen LogP contribution in [0.1, 0.15) is 13.3 Å². The molecule has 0 aliphatic heterocycles. The van der Waals surface area contributed by atoms with Gasteiger partial charge in [0.2, 0.25) is 0 Å². The van der Waals surface area contributed by atoms with Crippen molar-refractivity contribution in [2.24, 2.45) is 0 Å². The standard InChI is InChI=1S/C11H22N2O2/c1-5-10(11(14)15-4)6-7-12-8-9-13(2)3/h6,12H,5,7-9H2,1-4H3. The lowest BCUT2D eigenvalue weighted by molar-refractivity contribution is -0.136. The summed E-state index contributed by atoms with van der Waals surface area (Å²) in [6.45, 7) is 4.57. The molecule has 0 rings (SSSR count). The smallest absolute Gasteiger partial charge is 0.333 e. The van der Waals surface area contributed by atoms with Crippen molar-refractivity contribution in [1.82, 2.24) is 10.2 Å². The topological polar surface area (TPSA) is 41.6 Å². The Morgan fingerprint density at radius 3 is 2.60 bits per heavy atom. The van der Waals surface area contributed by atoms with E-state index in [1.54, 1.807) is 0 Å². The summed E-state index contributed by atoms with van der Waals surface area (Å²) < 4.78 is 4.66. The summed E-state index contributed by atoms with van der Waals surface area (Å²) in [5.41, 5.74) is 0.731. The maximum Gasteiger partial charge on any atom is 0.333 e. The Morgan fingerprint density at radius 2 is 2.13 bits per heavy atom. The van der Waals surface area contributed by atoms with Crippen molar-refractivity contribution < 1.29 is 9.53 Å². The SMILES string of the molecule is CCC(=CCNCCN(C)C)C(=O)OC. The number of nitrogens with one attached hydrogen (secondary N) is 1. The first-order valence-electron chi connectivity index (χ1n) is 5.24. The molecule has 0 aromatic rings. The van der Waals surface area contributed by atoms with Crippen molar-refractivity contribution in [2.75, 3.05) is 40.8 Å². The van der Waals surface area contributed by atoms with Gasteiger partial charge in [-0.2, -0.15) is 0 Å². The van der Waals surface area contributed by atoms with Gasteiger partial charge in [0.25, 0.3) is 0 Å². The summed E-state index contributed by atoms with van der Waals surface area (Å²) in [5, 5.41) is 3.23. The number of hydrogen-bond acceptors (Lipinski definition) is 4. The summed E-state index contributed by atoms with van der Waals surface area (Å²) in [5.74, 6) is -0.230. The van der Waals surface area contributed by atoms with Gasteiger partial charge in [-0.25, -0.2) is 4.79 Å². The largest absolute Gasteiger partial charge is 0.466 e. The van der Waals surface area contributed by atoms with Gasteiger partial charge in [0, 0.05) is 25.2 Å². The number of rotatable bonds is 7. The third-order valence-electron chi connectivity index (χ3n) is 2.06. The Hall–Kier alpha value is -0.870. The molecule has 0 saturated carbocycles. The average molecular weight is 214 g/mol. The highest BCUT2D eigenvalue weighted by Crippen LogP contribution is 2.01. The molecule has 0 aliphatic carbocycles. The lowest BCUT2D eigenvalue weighted by Crippen LogP contribution is -2.26. The molecule has 4 nitrogen and oxygen atoms in total. The second-order valence-corrected chi connectivity index (χ2v) is 3.58. The number of likely N-dealkylation sites (N-methyl/N-ethyl adjacent to an activating group) is 1. The molecule has 0 atom stereocenters. The van der Waals surface area contributed by atoms with Gasteiger partial charge in [0.1, 0.15) is 0 Å². The van der Waals surface area contributed by atoms with Crippen molar-refractivity contribution in [2.45, 2.75) is 13.3 Å². The molecule has 0 amide bonds. The Morgan fingerprint density at radius 1 is 1.47 bits per heavy atom. The van der Waals surface area contributed by atoms with Crippen LogP contribution in [0.15, 0.2) is 11.6 Å². The van der Waals surface area contributed by atoms with Crippen LogP contribution in [0.25, 0.3) is 0 Å². The molecule has 0 aromatic carbocycles. The quantitative estimate of drug-likeness (QED) is 0.384. The number of nitrogens with zero attached hydrogens (tertiary/aromatic N) is 1. The molecule has 88 valence electrons. The van der Waals surface area contributed by atoms with Crippen LogP contribution >= 0.6 is 0 Å². The molecule has 0 heterocycles. The van der Waals surface area contributed by atoms with E-state index in [9.17, 15) is 4.79 Å². The number of esters is 1. The van der Waals surface area contributed by atoms with Gasteiger partial charge < -0.3 is 15.0 Å². The number of carbonyl (C=O) groups excluding carboxylic acids is 1. The zero-order chi connectivity index (χ0) is 11.7. The van der Waals surface area contributed by atoms with E-state index >= 15 is 0 Å². The van der Waals surface area contributed by atoms with E-state index in [1.807, 2.05) is 27.1 Å². The normalized spacial score (nSPS) is 11.9. The molecule has 4 heteroatoms. The van der Waals surface area contributed by atoms with Crippen LogP contribution in [0.2, 0.25) is 0 Å². The molecule has 15 heavy (non-hydrogen) atoms. The maximum absolute atomic E-state index is 11.2. The molecule has 0 saturated heterocycles. The van der Waals surface area contributed by atoms with Gasteiger partial charge in [-0.3, -0.25) is 0 Å². The van der Waals surface area contributed by atoms with Crippen molar-refractivity contribution in [3.8, 4) is 0 Å². The first-order valence-corrected chi connectivity index (χ1v) is 5.24. The molecule has 0 fully saturated rings. The van der Waals surface area contributed by atoms with E-state index in [0.29, 0.717) is 13.0 Å². The fourth-order valence-corrected chi connectivity index (χ4v) is 1.10. The van der Waals surface area contributed by atoms with Crippen molar-refractivity contribution in [1.29, 1.82) is 0 Å². The predicted molar refractivity (Wildman–Crippen MR) is 61.8 cm³/mol. The van der Waals surface area contributed by atoms with Gasteiger partial charge in [0.15, 0.2) is 0 Å². The van der Waals surface area contributed by atoms with Gasteiger partial charge in [-0.1, -0.05) is 13.0 Å². The van der Waals surface area contributed by atoms with Gasteiger partial charge in [0.05, 0.1) is 7.11 Å². The number of carbonyl (C=O) groups is 1. The molecule has 0 aromatic heterocycles. The Balaban J connectivity index is 3.77. The highest BCUT2D eigenvalue weighted by Gasteiger charge is 2.05. The van der Waals surface area contributed by atoms with E-state index in [-0.39, 0.29) is 5.97 Å². The zero-order valence-electron chi connectivity index (χ0n) is 10.2.